The fourth-order valence-corrected chi connectivity index (χ4v) is 6.73. The number of piperidine rings is 1. The number of carbonyl (C=O) groups is 1. The van der Waals surface area contributed by atoms with Gasteiger partial charge in [-0.15, -0.1) is 0 Å². The van der Waals surface area contributed by atoms with Gasteiger partial charge in [0.25, 0.3) is 0 Å². The second-order valence-corrected chi connectivity index (χ2v) is 13.7. The molecule has 1 fully saturated rings. The normalized spacial score (nSPS) is 17.8. The third-order valence-electron chi connectivity index (χ3n) is 7.47. The Kier molecular flexibility index (Phi) is 8.96. The first kappa shape index (κ1) is 27.6. The first-order valence-electron chi connectivity index (χ1n) is 13.7. The van der Waals surface area contributed by atoms with Crippen molar-refractivity contribution in [3.05, 3.63) is 65.2 Å². The lowest BCUT2D eigenvalue weighted by molar-refractivity contribution is 0.0181. The van der Waals surface area contributed by atoms with E-state index < -0.39 is 15.4 Å². The van der Waals surface area contributed by atoms with Crippen LogP contribution in [0.3, 0.4) is 0 Å². The number of carbonyl (C=O) groups excluding carboxylic acids is 1. The molecule has 0 spiro atoms. The molecule has 2 aromatic carbocycles. The highest BCUT2D eigenvalue weighted by atomic mass is 32.2. The lowest BCUT2D eigenvalue weighted by Crippen LogP contribution is -2.41. The van der Waals surface area contributed by atoms with Gasteiger partial charge in [-0.2, -0.15) is 0 Å². The lowest BCUT2D eigenvalue weighted by Gasteiger charge is -2.33. The summed E-state index contributed by atoms with van der Waals surface area (Å²) < 4.78 is 31.8. The number of fused-ring (bicyclic) bond motifs is 1. The summed E-state index contributed by atoms with van der Waals surface area (Å²) in [6.45, 7) is 9.84. The molecule has 0 saturated carbocycles. The predicted octanol–water partition coefficient (Wildman–Crippen LogP) is 5.49. The molecule has 2 heterocycles. The van der Waals surface area contributed by atoms with Crippen LogP contribution in [0.25, 0.3) is 0 Å². The number of sulfone groups is 1. The maximum Gasteiger partial charge on any atom is 0.410 e. The van der Waals surface area contributed by atoms with Gasteiger partial charge in [-0.05, 0) is 94.0 Å². The van der Waals surface area contributed by atoms with E-state index in [2.05, 4.69) is 29.2 Å². The third kappa shape index (κ3) is 8.05. The van der Waals surface area contributed by atoms with Crippen molar-refractivity contribution in [1.82, 2.24) is 9.80 Å². The first-order chi connectivity index (χ1) is 17.6. The molecule has 0 unspecified atom stereocenters. The summed E-state index contributed by atoms with van der Waals surface area (Å²) in [6, 6.07) is 16.3. The summed E-state index contributed by atoms with van der Waals surface area (Å²) >= 11 is 0. The fraction of sp³-hybridized carbons (Fsp3) is 0.567. The van der Waals surface area contributed by atoms with Crippen molar-refractivity contribution in [3.63, 3.8) is 0 Å². The molecule has 7 heteroatoms. The fourth-order valence-electron chi connectivity index (χ4n) is 5.35. The van der Waals surface area contributed by atoms with Crippen LogP contribution in [0.4, 0.5) is 4.79 Å². The Balaban J connectivity index is 1.25. The standard InChI is InChI=1S/C30H42N2O4S/c1-30(2,3)36-29(33)32-19-13-24(14-20-32)10-7-21-37(34,35)28-12-11-26-15-17-31(18-16-27(26)22-28)23-25-8-5-4-6-9-25/h4-6,8-9,11-12,22,24H,7,10,13-21,23H2,1-3H3. The molecule has 37 heavy (non-hydrogen) atoms. The van der Waals surface area contributed by atoms with E-state index in [0.29, 0.717) is 30.3 Å². The van der Waals surface area contributed by atoms with E-state index in [1.165, 1.54) is 16.7 Å². The summed E-state index contributed by atoms with van der Waals surface area (Å²) in [7, 11) is -3.31. The van der Waals surface area contributed by atoms with E-state index in [9.17, 15) is 13.2 Å². The highest BCUT2D eigenvalue weighted by Crippen LogP contribution is 2.26. The molecule has 0 aliphatic carbocycles. The molecule has 0 atom stereocenters. The van der Waals surface area contributed by atoms with Crippen LogP contribution >= 0.6 is 0 Å². The summed E-state index contributed by atoms with van der Waals surface area (Å²) in [5.74, 6) is 0.634. The summed E-state index contributed by atoms with van der Waals surface area (Å²) in [5.41, 5.74) is 3.27. The second kappa shape index (κ2) is 12.0. The van der Waals surface area contributed by atoms with Gasteiger partial charge in [-0.25, -0.2) is 13.2 Å². The Morgan fingerprint density at radius 3 is 2.30 bits per heavy atom. The van der Waals surface area contributed by atoms with Crippen molar-refractivity contribution >= 4 is 15.9 Å². The highest BCUT2D eigenvalue weighted by Gasteiger charge is 2.27. The monoisotopic (exact) mass is 526 g/mol. The Morgan fingerprint density at radius 2 is 1.62 bits per heavy atom. The van der Waals surface area contributed by atoms with Crippen LogP contribution in [0.5, 0.6) is 0 Å². The highest BCUT2D eigenvalue weighted by molar-refractivity contribution is 7.91. The zero-order valence-electron chi connectivity index (χ0n) is 22.6. The van der Waals surface area contributed by atoms with Gasteiger partial charge in [-0.1, -0.05) is 36.4 Å². The number of hydrogen-bond acceptors (Lipinski definition) is 5. The molecule has 0 aromatic heterocycles. The number of amides is 1. The molecule has 0 N–H and O–H groups in total. The third-order valence-corrected chi connectivity index (χ3v) is 9.27. The number of rotatable bonds is 7. The smallest absolute Gasteiger partial charge is 0.410 e. The molecule has 0 radical (unpaired) electrons. The Hall–Kier alpha value is -2.38. The van der Waals surface area contributed by atoms with E-state index in [1.54, 1.807) is 11.0 Å². The van der Waals surface area contributed by atoms with E-state index in [1.807, 2.05) is 39.0 Å². The van der Waals surface area contributed by atoms with Crippen molar-refractivity contribution in [3.8, 4) is 0 Å². The Labute approximate surface area is 222 Å². The van der Waals surface area contributed by atoms with Crippen LogP contribution in [0.1, 0.15) is 63.1 Å². The summed E-state index contributed by atoms with van der Waals surface area (Å²) in [6.07, 6.45) is 4.91. The predicted molar refractivity (Wildman–Crippen MR) is 147 cm³/mol. The average Bonchev–Trinajstić information content (AvgIpc) is 3.06. The number of benzene rings is 2. The van der Waals surface area contributed by atoms with E-state index in [0.717, 1.165) is 51.7 Å². The molecule has 2 aliphatic heterocycles. The van der Waals surface area contributed by atoms with E-state index in [4.69, 9.17) is 4.74 Å². The van der Waals surface area contributed by atoms with Gasteiger partial charge in [-0.3, -0.25) is 4.90 Å². The minimum Gasteiger partial charge on any atom is -0.444 e. The molecular weight excluding hydrogens is 484 g/mol. The van der Waals surface area contributed by atoms with Gasteiger partial charge in [0.05, 0.1) is 10.6 Å². The van der Waals surface area contributed by atoms with Crippen molar-refractivity contribution in [2.45, 2.75) is 76.3 Å². The maximum atomic E-state index is 13.1. The molecular formula is C30H42N2O4S. The summed E-state index contributed by atoms with van der Waals surface area (Å²) in [5, 5.41) is 0. The van der Waals surface area contributed by atoms with Crippen molar-refractivity contribution < 1.29 is 17.9 Å². The van der Waals surface area contributed by atoms with Gasteiger partial charge in [0.2, 0.25) is 0 Å². The number of ether oxygens (including phenoxy) is 1. The maximum absolute atomic E-state index is 13.1. The molecule has 1 saturated heterocycles. The van der Waals surface area contributed by atoms with Gasteiger partial charge in [0.1, 0.15) is 5.60 Å². The minimum absolute atomic E-state index is 0.179. The van der Waals surface area contributed by atoms with Gasteiger partial charge < -0.3 is 9.64 Å². The number of likely N-dealkylation sites (tertiary alicyclic amines) is 1. The minimum atomic E-state index is -3.31. The quantitative estimate of drug-likeness (QED) is 0.477. The molecule has 6 nitrogen and oxygen atoms in total. The molecule has 1 amide bonds. The molecule has 2 aromatic rings. The number of nitrogens with zero attached hydrogens (tertiary/aromatic N) is 2. The van der Waals surface area contributed by atoms with Crippen LogP contribution in [0.15, 0.2) is 53.4 Å². The van der Waals surface area contributed by atoms with E-state index >= 15 is 0 Å². The molecule has 0 bridgehead atoms. The summed E-state index contributed by atoms with van der Waals surface area (Å²) in [4.78, 5) is 17.0. The second-order valence-electron chi connectivity index (χ2n) is 11.6. The van der Waals surface area contributed by atoms with Crippen LogP contribution < -0.4 is 0 Å². The number of hydrogen-bond donors (Lipinski definition) is 0. The Morgan fingerprint density at radius 1 is 0.946 bits per heavy atom. The molecule has 4 rings (SSSR count). The largest absolute Gasteiger partial charge is 0.444 e. The van der Waals surface area contributed by atoms with Crippen LogP contribution in [-0.4, -0.2) is 61.8 Å². The SMILES string of the molecule is CC(C)(C)OC(=O)N1CCC(CCCS(=O)(=O)c2ccc3c(c2)CCN(Cc2ccccc2)CC3)CC1. The lowest BCUT2D eigenvalue weighted by atomic mass is 9.93. The first-order valence-corrected chi connectivity index (χ1v) is 15.3. The van der Waals surface area contributed by atoms with E-state index in [-0.39, 0.29) is 11.8 Å². The van der Waals surface area contributed by atoms with Crippen LogP contribution in [-0.2, 0) is 34.0 Å². The van der Waals surface area contributed by atoms with Crippen molar-refractivity contribution in [2.24, 2.45) is 5.92 Å². The van der Waals surface area contributed by atoms with Crippen molar-refractivity contribution in [2.75, 3.05) is 31.9 Å². The zero-order chi connectivity index (χ0) is 26.5. The topological polar surface area (TPSA) is 66.9 Å². The average molecular weight is 527 g/mol. The zero-order valence-corrected chi connectivity index (χ0v) is 23.4. The molecule has 2 aliphatic rings. The van der Waals surface area contributed by atoms with Gasteiger partial charge in [0.15, 0.2) is 9.84 Å². The van der Waals surface area contributed by atoms with Gasteiger partial charge >= 0.3 is 6.09 Å². The van der Waals surface area contributed by atoms with Crippen LogP contribution in [0, 0.1) is 5.92 Å². The van der Waals surface area contributed by atoms with Crippen molar-refractivity contribution in [1.29, 1.82) is 0 Å². The Bertz CT molecular complexity index is 1150. The van der Waals surface area contributed by atoms with Gasteiger partial charge in [0, 0.05) is 32.7 Å². The molecule has 202 valence electrons. The van der Waals surface area contributed by atoms with Crippen LogP contribution in [0.2, 0.25) is 0 Å².